The topological polar surface area (TPSA) is 145 Å². The molecule has 11 nitrogen and oxygen atoms in total. The number of pyridine rings is 1. The highest BCUT2D eigenvalue weighted by molar-refractivity contribution is 5.91. The minimum Gasteiger partial charge on any atom is -0.462 e. The number of fused-ring (bicyclic) bond motifs is 1. The first kappa shape index (κ1) is 44.3. The van der Waals surface area contributed by atoms with E-state index in [1.165, 1.54) is 6.08 Å². The number of rotatable bonds is 12. The number of likely N-dealkylation sites (N-methyl/N-ethyl adjacent to an activating group) is 1. The number of esters is 1. The maximum absolute atomic E-state index is 14.2. The zero-order valence-electron chi connectivity index (χ0n) is 33.4. The summed E-state index contributed by atoms with van der Waals surface area (Å²) in [5.74, 6) is -3.52. The van der Waals surface area contributed by atoms with E-state index < -0.39 is 91.7 Å². The monoisotopic (exact) mass is 768 g/mol. The molecule has 2 aromatic rings. The van der Waals surface area contributed by atoms with E-state index in [2.05, 4.69) is 11.1 Å². The van der Waals surface area contributed by atoms with Crippen molar-refractivity contribution in [3.63, 3.8) is 0 Å². The molecule has 0 bridgehead atoms. The number of benzene rings is 1. The molecule has 0 radical (unpaired) electrons. The Morgan fingerprint density at radius 3 is 2.53 bits per heavy atom. The van der Waals surface area contributed by atoms with E-state index >= 15 is 0 Å². The number of aliphatic hydroxyl groups excluding tert-OH is 2. The summed E-state index contributed by atoms with van der Waals surface area (Å²) in [6.07, 6.45) is 2.55. The fourth-order valence-corrected chi connectivity index (χ4v) is 7.86. The Bertz CT molecular complexity index is 1620. The molecule has 1 aromatic heterocycles. The highest BCUT2D eigenvalue weighted by Crippen LogP contribution is 2.35. The molecule has 0 aliphatic carbocycles. The van der Waals surface area contributed by atoms with Crippen LogP contribution in [-0.4, -0.2) is 114 Å². The molecule has 2 aliphatic rings. The van der Waals surface area contributed by atoms with Gasteiger partial charge in [0, 0.05) is 42.4 Å². The molecule has 1 saturated heterocycles. The van der Waals surface area contributed by atoms with Crippen LogP contribution in [0.25, 0.3) is 10.9 Å². The maximum atomic E-state index is 14.2. The lowest BCUT2D eigenvalue weighted by Crippen LogP contribution is -2.64. The molecule has 0 spiro atoms. The van der Waals surface area contributed by atoms with Gasteiger partial charge < -0.3 is 38.9 Å². The van der Waals surface area contributed by atoms with Crippen LogP contribution in [0, 0.1) is 23.7 Å². The fraction of sp³-hybridized carbons (Fsp3) is 0.628. The van der Waals surface area contributed by atoms with Crippen molar-refractivity contribution >= 4 is 28.9 Å². The molecule has 12 atom stereocenters. The number of aromatic nitrogens is 1. The highest BCUT2D eigenvalue weighted by atomic mass is 19.1. The SMILES string of the molecule is CC[C@H]1OC(=O)C[C@@H](O)[C@H](C)[C@@H](O[C@@H]2O[C@H](C)[C@@H](OCCCc3cnc4ccccc4c3)[C@H](N(C)C)[C@H]2O)[C@@H](CC=O)C[C@@H](C)C(=O)/C=C/C(C)=C/[C@@H]1CF. The van der Waals surface area contributed by atoms with Crippen molar-refractivity contribution in [1.82, 2.24) is 9.88 Å². The molecule has 4 rings (SSSR count). The van der Waals surface area contributed by atoms with Crippen molar-refractivity contribution < 1.29 is 47.9 Å². The number of ketones is 1. The van der Waals surface area contributed by atoms with Crippen molar-refractivity contribution in [2.75, 3.05) is 27.4 Å². The summed E-state index contributed by atoms with van der Waals surface area (Å²) in [4.78, 5) is 45.0. The van der Waals surface area contributed by atoms with E-state index in [4.69, 9.17) is 18.9 Å². The van der Waals surface area contributed by atoms with Crippen LogP contribution in [0.2, 0.25) is 0 Å². The second-order valence-corrected chi connectivity index (χ2v) is 15.6. The predicted molar refractivity (Wildman–Crippen MR) is 208 cm³/mol. The lowest BCUT2D eigenvalue weighted by Gasteiger charge is -2.48. The van der Waals surface area contributed by atoms with Crippen molar-refractivity contribution in [2.24, 2.45) is 23.7 Å². The van der Waals surface area contributed by atoms with Crippen LogP contribution >= 0.6 is 0 Å². The van der Waals surface area contributed by atoms with Crippen molar-refractivity contribution in [1.29, 1.82) is 0 Å². The largest absolute Gasteiger partial charge is 0.462 e. The zero-order valence-corrected chi connectivity index (χ0v) is 33.4. The quantitative estimate of drug-likeness (QED) is 0.159. The Hall–Kier alpha value is -3.39. The fourth-order valence-electron chi connectivity index (χ4n) is 7.86. The highest BCUT2D eigenvalue weighted by Gasteiger charge is 2.48. The molecule has 12 heteroatoms. The number of hydrogen-bond acceptors (Lipinski definition) is 11. The van der Waals surface area contributed by atoms with Crippen LogP contribution in [0.4, 0.5) is 4.39 Å². The van der Waals surface area contributed by atoms with Crippen molar-refractivity contribution in [2.45, 2.75) is 122 Å². The molecule has 2 N–H and O–H groups in total. The molecule has 0 saturated carbocycles. The standard InChI is InChI=1S/C43H61FN2O9/c1-8-37-33(24-44)20-26(2)15-16-35(48)27(3)21-32(17-18-47)41(28(4)36(49)23-38(50)54-37)55-43-40(51)39(46(6)7)42(29(5)53-43)52-19-11-12-30-22-31-13-9-10-14-34(31)45-25-30/h9-10,13-16,18,20,22,25,27-29,32-33,36-37,39-43,49,51H,8,11-12,17,19,21,23-24H2,1-7H3/b16-15+,26-20+/t27-,28+,29-,32+,33-,36-,37-,39-,40-,41-,42-,43+/m1/s1. The summed E-state index contributed by atoms with van der Waals surface area (Å²) >= 11 is 0. The third-order valence-electron chi connectivity index (χ3n) is 11.1. The summed E-state index contributed by atoms with van der Waals surface area (Å²) in [5.41, 5.74) is 2.68. The van der Waals surface area contributed by atoms with Crippen LogP contribution in [0.3, 0.4) is 0 Å². The van der Waals surface area contributed by atoms with E-state index in [9.17, 15) is 29.0 Å². The first-order valence-electron chi connectivity index (χ1n) is 19.7. The first-order chi connectivity index (χ1) is 26.3. The number of nitrogens with zero attached hydrogens (tertiary/aromatic N) is 2. The van der Waals surface area contributed by atoms with E-state index in [1.54, 1.807) is 39.8 Å². The number of allylic oxidation sites excluding steroid dienone is 3. The summed E-state index contributed by atoms with van der Waals surface area (Å²) < 4.78 is 39.1. The van der Waals surface area contributed by atoms with Crippen LogP contribution in [0.5, 0.6) is 0 Å². The number of aryl methyl sites for hydroxylation is 1. The van der Waals surface area contributed by atoms with E-state index in [0.29, 0.717) is 18.6 Å². The summed E-state index contributed by atoms with van der Waals surface area (Å²) in [6.45, 7) is 8.48. The van der Waals surface area contributed by atoms with Gasteiger partial charge in [-0.15, -0.1) is 0 Å². The van der Waals surface area contributed by atoms with Gasteiger partial charge in [0.25, 0.3) is 0 Å². The number of para-hydroxylation sites is 1. The number of cyclic esters (lactones) is 1. The van der Waals surface area contributed by atoms with Crippen LogP contribution in [0.15, 0.2) is 60.3 Å². The van der Waals surface area contributed by atoms with Gasteiger partial charge in [-0.1, -0.05) is 56.7 Å². The number of carbonyl (C=O) groups is 3. The van der Waals surface area contributed by atoms with Crippen molar-refractivity contribution in [3.05, 3.63) is 65.9 Å². The molecule has 0 amide bonds. The van der Waals surface area contributed by atoms with Gasteiger partial charge in [0.15, 0.2) is 12.1 Å². The Kier molecular flexibility index (Phi) is 17.1. The predicted octanol–water partition coefficient (Wildman–Crippen LogP) is 5.58. The molecule has 1 aromatic carbocycles. The van der Waals surface area contributed by atoms with E-state index in [0.717, 1.165) is 35.6 Å². The summed E-state index contributed by atoms with van der Waals surface area (Å²) in [6, 6.07) is 9.56. The second kappa shape index (κ2) is 21.2. The van der Waals surface area contributed by atoms with Gasteiger partial charge in [-0.25, -0.2) is 0 Å². The number of halogens is 1. The minimum absolute atomic E-state index is 0.00350. The van der Waals surface area contributed by atoms with Gasteiger partial charge in [-0.05, 0) is 83.3 Å². The smallest absolute Gasteiger partial charge is 0.308 e. The van der Waals surface area contributed by atoms with Gasteiger partial charge in [0.2, 0.25) is 0 Å². The van der Waals surface area contributed by atoms with E-state index in [-0.39, 0.29) is 18.6 Å². The minimum atomic E-state index is -1.29. The Morgan fingerprint density at radius 1 is 1.09 bits per heavy atom. The third-order valence-corrected chi connectivity index (χ3v) is 11.1. The number of alkyl halides is 1. The summed E-state index contributed by atoms with van der Waals surface area (Å²) in [7, 11) is 3.68. The molecular formula is C43H61FN2O9. The molecule has 1 fully saturated rings. The Labute approximate surface area is 325 Å². The number of carbonyl (C=O) groups excluding carboxylic acids is 3. The zero-order chi connectivity index (χ0) is 40.2. The Balaban J connectivity index is 1.54. The molecule has 2 aliphatic heterocycles. The van der Waals surface area contributed by atoms with Crippen LogP contribution in [-0.2, 0) is 39.8 Å². The van der Waals surface area contributed by atoms with Gasteiger partial charge in [0.1, 0.15) is 24.6 Å². The first-order valence-corrected chi connectivity index (χ1v) is 19.7. The maximum Gasteiger partial charge on any atom is 0.308 e. The van der Waals surface area contributed by atoms with Gasteiger partial charge in [-0.2, -0.15) is 0 Å². The second-order valence-electron chi connectivity index (χ2n) is 15.6. The third kappa shape index (κ3) is 12.1. The molecular weight excluding hydrogens is 707 g/mol. The van der Waals surface area contributed by atoms with Crippen molar-refractivity contribution in [3.8, 4) is 0 Å². The van der Waals surface area contributed by atoms with Gasteiger partial charge in [-0.3, -0.25) is 19.0 Å². The number of aliphatic hydroxyl groups is 2. The number of ether oxygens (including phenoxy) is 4. The van der Waals surface area contributed by atoms with Gasteiger partial charge >= 0.3 is 5.97 Å². The number of hydrogen-bond donors (Lipinski definition) is 2. The molecule has 0 unspecified atom stereocenters. The average molecular weight is 769 g/mol. The normalized spacial score (nSPS) is 34.6. The van der Waals surface area contributed by atoms with Gasteiger partial charge in [0.05, 0.1) is 43.0 Å². The molecule has 55 heavy (non-hydrogen) atoms. The Morgan fingerprint density at radius 2 is 1.84 bits per heavy atom. The van der Waals surface area contributed by atoms with Crippen LogP contribution < -0.4 is 0 Å². The average Bonchev–Trinajstić information content (AvgIpc) is 3.16. The van der Waals surface area contributed by atoms with E-state index in [1.807, 2.05) is 56.4 Å². The molecule has 3 heterocycles. The molecule has 304 valence electrons. The number of aldehydes is 1. The lowest BCUT2D eigenvalue weighted by atomic mass is 9.79. The lowest BCUT2D eigenvalue weighted by molar-refractivity contribution is -0.308. The summed E-state index contributed by atoms with van der Waals surface area (Å²) in [5, 5.41) is 24.4. The van der Waals surface area contributed by atoms with Crippen LogP contribution in [0.1, 0.15) is 72.3 Å².